The van der Waals surface area contributed by atoms with Gasteiger partial charge in [-0.25, -0.2) is 0 Å². The molecule has 1 unspecified atom stereocenters. The Morgan fingerprint density at radius 1 is 1.08 bits per heavy atom. The topological polar surface area (TPSA) is 74.7 Å². The van der Waals surface area contributed by atoms with Gasteiger partial charge in [-0.2, -0.15) is 0 Å². The van der Waals surface area contributed by atoms with Gasteiger partial charge in [0.15, 0.2) is 0 Å². The van der Waals surface area contributed by atoms with Crippen LogP contribution in [-0.4, -0.2) is 34.7 Å². The smallest absolute Gasteiger partial charge is 0.303 e. The number of hydrogen-bond donors (Lipinski definition) is 1. The van der Waals surface area contributed by atoms with Crippen molar-refractivity contribution in [2.75, 3.05) is 6.54 Å². The fourth-order valence-corrected chi connectivity index (χ4v) is 5.09. The zero-order valence-electron chi connectivity index (χ0n) is 20.3. The van der Waals surface area contributed by atoms with Gasteiger partial charge in [0.2, 0.25) is 5.91 Å². The molecule has 36 heavy (non-hydrogen) atoms. The minimum atomic E-state index is -0.841. The van der Waals surface area contributed by atoms with Crippen LogP contribution in [0.15, 0.2) is 61.2 Å². The molecule has 0 radical (unpaired) electrons. The van der Waals surface area contributed by atoms with Crippen LogP contribution in [0.1, 0.15) is 68.0 Å². The Morgan fingerprint density at radius 3 is 2.39 bits per heavy atom. The van der Waals surface area contributed by atoms with Crippen LogP contribution in [0.5, 0.6) is 0 Å². The van der Waals surface area contributed by atoms with Crippen LogP contribution in [0, 0.1) is 11.8 Å². The third-order valence-electron chi connectivity index (χ3n) is 6.69. The van der Waals surface area contributed by atoms with Gasteiger partial charge >= 0.3 is 5.97 Å². The number of allylic oxidation sites excluding steroid dienone is 1. The van der Waals surface area contributed by atoms with E-state index in [2.05, 4.69) is 29.7 Å². The first-order chi connectivity index (χ1) is 17.3. The quantitative estimate of drug-likeness (QED) is 0.202. The minimum Gasteiger partial charge on any atom is -0.481 e. The summed E-state index contributed by atoms with van der Waals surface area (Å²) in [5.41, 5.74) is 2.33. The normalized spacial score (nSPS) is 21.3. The summed E-state index contributed by atoms with van der Waals surface area (Å²) in [5, 5.41) is 9.47. The maximum Gasteiger partial charge on any atom is 0.303 e. The standard InChI is InChI=1S/C24H25Cl2NO.C5H8O3/c1-2-4-19-14-22(18-5-3-6-21(26)13-18)23(17-9-11-20(25)12-10-17)27(24(19)28)15-16-7-8-16;6-4-2-1-3-5(7)8/h2-3,5-6,9-13,16,19,22-23H,1,4,7-8,14-15H2;4H,1-3H2,(H,7,8)/t19?,22-,23-;/m1./s1. The Morgan fingerprint density at radius 2 is 1.81 bits per heavy atom. The highest BCUT2D eigenvalue weighted by atomic mass is 35.5. The molecule has 1 amide bonds. The number of amides is 1. The number of nitrogens with zero attached hydrogens (tertiary/aromatic N) is 1. The van der Waals surface area contributed by atoms with Gasteiger partial charge in [-0.1, -0.05) is 53.5 Å². The molecular formula is C29H33Cl2NO4. The van der Waals surface area contributed by atoms with Gasteiger partial charge in [-0.3, -0.25) is 9.59 Å². The molecule has 3 atom stereocenters. The number of piperidine rings is 1. The number of hydrogen-bond acceptors (Lipinski definition) is 3. The van der Waals surface area contributed by atoms with Gasteiger partial charge in [0, 0.05) is 41.3 Å². The van der Waals surface area contributed by atoms with Gasteiger partial charge in [0.25, 0.3) is 0 Å². The molecule has 1 N–H and O–H groups in total. The molecule has 0 aromatic heterocycles. The van der Waals surface area contributed by atoms with E-state index < -0.39 is 5.97 Å². The number of aldehydes is 1. The van der Waals surface area contributed by atoms with Crippen molar-refractivity contribution in [3.05, 3.63) is 82.4 Å². The summed E-state index contributed by atoms with van der Waals surface area (Å²) in [6, 6.07) is 16.0. The van der Waals surface area contributed by atoms with E-state index >= 15 is 0 Å². The van der Waals surface area contributed by atoms with E-state index in [1.807, 2.05) is 36.4 Å². The average molecular weight is 530 g/mol. The van der Waals surface area contributed by atoms with E-state index in [1.165, 1.54) is 18.4 Å². The Balaban J connectivity index is 0.000000392. The summed E-state index contributed by atoms with van der Waals surface area (Å²) in [5.74, 6) is 0.211. The van der Waals surface area contributed by atoms with E-state index in [4.69, 9.17) is 28.3 Å². The summed E-state index contributed by atoms with van der Waals surface area (Å²) < 4.78 is 0. The zero-order valence-corrected chi connectivity index (χ0v) is 21.8. The highest BCUT2D eigenvalue weighted by molar-refractivity contribution is 6.30. The molecule has 1 aliphatic carbocycles. The monoisotopic (exact) mass is 529 g/mol. The van der Waals surface area contributed by atoms with E-state index in [9.17, 15) is 14.4 Å². The summed E-state index contributed by atoms with van der Waals surface area (Å²) >= 11 is 12.5. The molecule has 2 fully saturated rings. The molecule has 1 saturated carbocycles. The fourth-order valence-electron chi connectivity index (χ4n) is 4.77. The molecule has 2 aromatic carbocycles. The van der Waals surface area contributed by atoms with E-state index in [0.717, 1.165) is 29.8 Å². The number of halogens is 2. The number of unbranched alkanes of at least 4 members (excludes halogenated alkanes) is 1. The number of benzene rings is 2. The first kappa shape index (κ1) is 27.9. The average Bonchev–Trinajstić information content (AvgIpc) is 3.67. The summed E-state index contributed by atoms with van der Waals surface area (Å²) in [6.07, 6.45) is 7.45. The third-order valence-corrected chi connectivity index (χ3v) is 7.18. The van der Waals surface area contributed by atoms with Crippen LogP contribution in [0.25, 0.3) is 0 Å². The second-order valence-corrected chi connectivity index (χ2v) is 10.4. The molecule has 0 spiro atoms. The van der Waals surface area contributed by atoms with Crippen molar-refractivity contribution in [3.63, 3.8) is 0 Å². The molecule has 4 rings (SSSR count). The lowest BCUT2D eigenvalue weighted by Crippen LogP contribution is -2.47. The van der Waals surface area contributed by atoms with Crippen molar-refractivity contribution in [2.45, 2.75) is 56.9 Å². The van der Waals surface area contributed by atoms with Gasteiger partial charge in [-0.05, 0) is 73.4 Å². The molecule has 192 valence electrons. The second kappa shape index (κ2) is 13.6. The summed E-state index contributed by atoms with van der Waals surface area (Å²) in [4.78, 5) is 34.9. The van der Waals surface area contributed by atoms with Crippen molar-refractivity contribution in [1.29, 1.82) is 0 Å². The Labute approximate surface area is 223 Å². The maximum atomic E-state index is 13.4. The van der Waals surface area contributed by atoms with Gasteiger partial charge < -0.3 is 14.8 Å². The number of carbonyl (C=O) groups excluding carboxylic acids is 2. The van der Waals surface area contributed by atoms with E-state index in [-0.39, 0.29) is 30.2 Å². The lowest BCUT2D eigenvalue weighted by Gasteiger charge is -2.45. The summed E-state index contributed by atoms with van der Waals surface area (Å²) in [6.45, 7) is 4.71. The Hall–Kier alpha value is -2.63. The summed E-state index contributed by atoms with van der Waals surface area (Å²) in [7, 11) is 0. The van der Waals surface area contributed by atoms with Crippen LogP contribution in [0.2, 0.25) is 10.0 Å². The Kier molecular flexibility index (Phi) is 10.6. The predicted octanol–water partition coefficient (Wildman–Crippen LogP) is 7.09. The molecule has 2 aromatic rings. The fraction of sp³-hybridized carbons (Fsp3) is 0.414. The van der Waals surface area contributed by atoms with Crippen molar-refractivity contribution >= 4 is 41.4 Å². The Bertz CT molecular complexity index is 1050. The highest BCUT2D eigenvalue weighted by Gasteiger charge is 2.44. The molecular weight excluding hydrogens is 497 g/mol. The predicted molar refractivity (Wildman–Crippen MR) is 143 cm³/mol. The SMILES string of the molecule is C=CCC1C[C@H](c2cccc(Cl)c2)[C@@H](c2ccc(Cl)cc2)N(CC2CC2)C1=O.O=CCCCC(=O)O. The first-order valence-electron chi connectivity index (χ1n) is 12.4. The van der Waals surface area contributed by atoms with Crippen LogP contribution in [-0.2, 0) is 14.4 Å². The van der Waals surface area contributed by atoms with Gasteiger partial charge in [0.1, 0.15) is 6.29 Å². The van der Waals surface area contributed by atoms with Crippen molar-refractivity contribution in [3.8, 4) is 0 Å². The van der Waals surface area contributed by atoms with Gasteiger partial charge in [-0.15, -0.1) is 6.58 Å². The molecule has 1 heterocycles. The molecule has 7 heteroatoms. The van der Waals surface area contributed by atoms with Crippen LogP contribution >= 0.6 is 23.2 Å². The molecule has 0 bridgehead atoms. The van der Waals surface area contributed by atoms with Crippen molar-refractivity contribution < 1.29 is 19.5 Å². The largest absolute Gasteiger partial charge is 0.481 e. The maximum absolute atomic E-state index is 13.4. The molecule has 1 aliphatic heterocycles. The van der Waals surface area contributed by atoms with Crippen LogP contribution in [0.3, 0.4) is 0 Å². The molecule has 2 aliphatic rings. The van der Waals surface area contributed by atoms with Crippen LogP contribution < -0.4 is 0 Å². The highest BCUT2D eigenvalue weighted by Crippen LogP contribution is 2.48. The zero-order chi connectivity index (χ0) is 26.1. The lowest BCUT2D eigenvalue weighted by atomic mass is 9.75. The van der Waals surface area contributed by atoms with Crippen molar-refractivity contribution in [2.24, 2.45) is 11.8 Å². The van der Waals surface area contributed by atoms with E-state index in [1.54, 1.807) is 0 Å². The number of carbonyl (C=O) groups is 3. The number of aliphatic carboxylic acids is 1. The number of rotatable bonds is 10. The van der Waals surface area contributed by atoms with E-state index in [0.29, 0.717) is 30.2 Å². The minimum absolute atomic E-state index is 0.00454. The molecule has 1 saturated heterocycles. The van der Waals surface area contributed by atoms with Crippen molar-refractivity contribution in [1.82, 2.24) is 4.90 Å². The number of likely N-dealkylation sites (tertiary alicyclic amines) is 1. The van der Waals surface area contributed by atoms with Crippen LogP contribution in [0.4, 0.5) is 0 Å². The van der Waals surface area contributed by atoms with Gasteiger partial charge in [0.05, 0.1) is 6.04 Å². The molecule has 5 nitrogen and oxygen atoms in total. The third kappa shape index (κ3) is 7.94. The number of carboxylic acids is 1. The first-order valence-corrected chi connectivity index (χ1v) is 13.2. The second-order valence-electron chi connectivity index (χ2n) is 9.50. The number of carboxylic acid groups (broad SMARTS) is 1. The lowest BCUT2D eigenvalue weighted by molar-refractivity contribution is -0.143.